The van der Waals surface area contributed by atoms with Gasteiger partial charge in [-0.15, -0.1) is 11.3 Å². The second-order valence-corrected chi connectivity index (χ2v) is 8.35. The molecule has 2 fully saturated rings. The first-order valence-electron chi connectivity index (χ1n) is 9.15. The molecule has 0 unspecified atom stereocenters. The highest BCUT2D eigenvalue weighted by atomic mass is 32.1. The van der Waals surface area contributed by atoms with Gasteiger partial charge in [0.1, 0.15) is 0 Å². The van der Waals surface area contributed by atoms with Gasteiger partial charge < -0.3 is 9.80 Å². The third kappa shape index (κ3) is 3.82. The number of likely N-dealkylation sites (tertiary alicyclic amines) is 1. The minimum absolute atomic E-state index is 0.0849. The lowest BCUT2D eigenvalue weighted by molar-refractivity contribution is -0.138. The van der Waals surface area contributed by atoms with E-state index in [-0.39, 0.29) is 17.7 Å². The van der Waals surface area contributed by atoms with Crippen molar-refractivity contribution in [1.82, 2.24) is 9.80 Å². The Morgan fingerprint density at radius 3 is 2.38 bits per heavy atom. The smallest absolute Gasteiger partial charge is 0.263 e. The van der Waals surface area contributed by atoms with Crippen LogP contribution in [-0.4, -0.2) is 47.8 Å². The molecule has 2 heterocycles. The summed E-state index contributed by atoms with van der Waals surface area (Å²) in [6, 6.07) is 4.20. The number of piperidine rings is 1. The fraction of sp³-hybridized carbons (Fsp3) is 0.684. The van der Waals surface area contributed by atoms with Gasteiger partial charge in [-0.2, -0.15) is 0 Å². The van der Waals surface area contributed by atoms with Gasteiger partial charge >= 0.3 is 0 Å². The maximum absolute atomic E-state index is 12.8. The van der Waals surface area contributed by atoms with E-state index in [9.17, 15) is 9.59 Å². The predicted octanol–water partition coefficient (Wildman–Crippen LogP) is 3.64. The Balaban J connectivity index is 1.50. The van der Waals surface area contributed by atoms with E-state index in [0.717, 1.165) is 36.5 Å². The average Bonchev–Trinajstić information content (AvgIpc) is 3.15. The van der Waals surface area contributed by atoms with Crippen molar-refractivity contribution in [3.63, 3.8) is 0 Å². The number of amides is 2. The molecule has 0 atom stereocenters. The van der Waals surface area contributed by atoms with Crippen molar-refractivity contribution in [2.45, 2.75) is 51.5 Å². The van der Waals surface area contributed by atoms with Gasteiger partial charge in [0.05, 0.1) is 4.88 Å². The first-order valence-corrected chi connectivity index (χ1v) is 10.0. The molecule has 1 aliphatic heterocycles. The van der Waals surface area contributed by atoms with Crippen molar-refractivity contribution in [3.8, 4) is 0 Å². The number of rotatable bonds is 3. The Bertz CT molecular complexity index is 556. The largest absolute Gasteiger partial charge is 0.343 e. The van der Waals surface area contributed by atoms with Crippen LogP contribution in [0.15, 0.2) is 17.5 Å². The molecule has 3 rings (SSSR count). The molecule has 2 amide bonds. The molecule has 1 aromatic rings. The van der Waals surface area contributed by atoms with Crippen LogP contribution in [0.4, 0.5) is 0 Å². The Morgan fingerprint density at radius 1 is 1.12 bits per heavy atom. The standard InChI is InChI=1S/C19H28N2O2S/c1-14-5-7-16(8-6-14)20(2)18(22)15-9-11-21(12-10-15)19(23)17-4-3-13-24-17/h3-4,13-16H,5-12H2,1-2H3. The van der Waals surface area contributed by atoms with E-state index in [1.807, 2.05) is 34.4 Å². The molecule has 1 aromatic heterocycles. The zero-order valence-electron chi connectivity index (χ0n) is 14.7. The second kappa shape index (κ2) is 7.68. The molecule has 0 radical (unpaired) electrons. The van der Waals surface area contributed by atoms with Crippen LogP contribution in [-0.2, 0) is 4.79 Å². The van der Waals surface area contributed by atoms with Gasteiger partial charge in [-0.25, -0.2) is 0 Å². The highest BCUT2D eigenvalue weighted by molar-refractivity contribution is 7.12. The van der Waals surface area contributed by atoms with Crippen molar-refractivity contribution in [3.05, 3.63) is 22.4 Å². The summed E-state index contributed by atoms with van der Waals surface area (Å²) in [5.74, 6) is 1.29. The summed E-state index contributed by atoms with van der Waals surface area (Å²) in [5, 5.41) is 1.93. The van der Waals surface area contributed by atoms with Gasteiger partial charge in [0, 0.05) is 32.1 Å². The molecule has 5 heteroatoms. The van der Waals surface area contributed by atoms with E-state index in [2.05, 4.69) is 6.92 Å². The lowest BCUT2D eigenvalue weighted by Gasteiger charge is -2.38. The first-order chi connectivity index (χ1) is 11.6. The van der Waals surface area contributed by atoms with E-state index in [1.54, 1.807) is 0 Å². The van der Waals surface area contributed by atoms with Crippen molar-refractivity contribution in [2.75, 3.05) is 20.1 Å². The normalized spacial score (nSPS) is 25.5. The van der Waals surface area contributed by atoms with E-state index in [0.29, 0.717) is 19.1 Å². The summed E-state index contributed by atoms with van der Waals surface area (Å²) >= 11 is 1.49. The number of hydrogen-bond acceptors (Lipinski definition) is 3. The third-order valence-corrected chi connectivity index (χ3v) is 6.60. The topological polar surface area (TPSA) is 40.6 Å². The minimum Gasteiger partial charge on any atom is -0.343 e. The van der Waals surface area contributed by atoms with Crippen LogP contribution in [0.1, 0.15) is 55.1 Å². The van der Waals surface area contributed by atoms with Gasteiger partial charge in [0.25, 0.3) is 5.91 Å². The minimum atomic E-state index is 0.0849. The summed E-state index contributed by atoms with van der Waals surface area (Å²) in [6.07, 6.45) is 6.33. The SMILES string of the molecule is CC1CCC(N(C)C(=O)C2CCN(C(=O)c3cccs3)CC2)CC1. The van der Waals surface area contributed by atoms with E-state index in [4.69, 9.17) is 0 Å². The van der Waals surface area contributed by atoms with Gasteiger partial charge in [0.15, 0.2) is 0 Å². The molecule has 0 aromatic carbocycles. The zero-order chi connectivity index (χ0) is 17.1. The molecule has 4 nitrogen and oxygen atoms in total. The first kappa shape index (κ1) is 17.5. The van der Waals surface area contributed by atoms with Crippen molar-refractivity contribution >= 4 is 23.2 Å². The number of nitrogens with zero attached hydrogens (tertiary/aromatic N) is 2. The average molecular weight is 349 g/mol. The Hall–Kier alpha value is -1.36. The number of carbonyl (C=O) groups excluding carboxylic acids is 2. The van der Waals surface area contributed by atoms with Crippen molar-refractivity contribution < 1.29 is 9.59 Å². The zero-order valence-corrected chi connectivity index (χ0v) is 15.6. The van der Waals surface area contributed by atoms with E-state index >= 15 is 0 Å². The maximum Gasteiger partial charge on any atom is 0.263 e. The summed E-state index contributed by atoms with van der Waals surface area (Å²) in [6.45, 7) is 3.70. The molecule has 1 aliphatic carbocycles. The van der Waals surface area contributed by atoms with Crippen molar-refractivity contribution in [1.29, 1.82) is 0 Å². The fourth-order valence-electron chi connectivity index (χ4n) is 3.98. The molecule has 0 N–H and O–H groups in total. The van der Waals surface area contributed by atoms with Crippen LogP contribution in [0, 0.1) is 11.8 Å². The Labute approximate surface area is 148 Å². The molecule has 1 saturated heterocycles. The number of thiophene rings is 1. The Kier molecular flexibility index (Phi) is 5.59. The van der Waals surface area contributed by atoms with Crippen molar-refractivity contribution in [2.24, 2.45) is 11.8 Å². The number of hydrogen-bond donors (Lipinski definition) is 0. The molecular formula is C19H28N2O2S. The summed E-state index contributed by atoms with van der Waals surface area (Å²) in [7, 11) is 1.98. The fourth-order valence-corrected chi connectivity index (χ4v) is 4.67. The molecular weight excluding hydrogens is 320 g/mol. The van der Waals surface area contributed by atoms with Gasteiger partial charge in [-0.3, -0.25) is 9.59 Å². The quantitative estimate of drug-likeness (QED) is 0.837. The molecule has 132 valence electrons. The summed E-state index contributed by atoms with van der Waals surface area (Å²) in [5.41, 5.74) is 0. The van der Waals surface area contributed by atoms with Gasteiger partial charge in [-0.1, -0.05) is 13.0 Å². The molecule has 2 aliphatic rings. The monoisotopic (exact) mass is 348 g/mol. The van der Waals surface area contributed by atoms with E-state index < -0.39 is 0 Å². The van der Waals surface area contributed by atoms with Crippen LogP contribution < -0.4 is 0 Å². The van der Waals surface area contributed by atoms with Crippen LogP contribution in [0.25, 0.3) is 0 Å². The number of carbonyl (C=O) groups is 2. The predicted molar refractivity (Wildman–Crippen MR) is 97.1 cm³/mol. The lowest BCUT2D eigenvalue weighted by Crippen LogP contribution is -2.46. The second-order valence-electron chi connectivity index (χ2n) is 7.41. The molecule has 0 bridgehead atoms. The van der Waals surface area contributed by atoms with Gasteiger partial charge in [-0.05, 0) is 55.9 Å². The Morgan fingerprint density at radius 2 is 1.79 bits per heavy atom. The van der Waals surface area contributed by atoms with Crippen LogP contribution >= 0.6 is 11.3 Å². The van der Waals surface area contributed by atoms with E-state index in [1.165, 1.54) is 24.2 Å². The van der Waals surface area contributed by atoms with Gasteiger partial charge in [0.2, 0.25) is 5.91 Å². The van der Waals surface area contributed by atoms with Crippen LogP contribution in [0.3, 0.4) is 0 Å². The highest BCUT2D eigenvalue weighted by Gasteiger charge is 2.32. The molecule has 1 saturated carbocycles. The highest BCUT2D eigenvalue weighted by Crippen LogP contribution is 2.29. The summed E-state index contributed by atoms with van der Waals surface area (Å²) in [4.78, 5) is 29.9. The third-order valence-electron chi connectivity index (χ3n) is 5.74. The lowest BCUT2D eigenvalue weighted by atomic mass is 9.86. The maximum atomic E-state index is 12.8. The molecule has 0 spiro atoms. The van der Waals surface area contributed by atoms with Crippen LogP contribution in [0.2, 0.25) is 0 Å². The van der Waals surface area contributed by atoms with Crippen LogP contribution in [0.5, 0.6) is 0 Å². The summed E-state index contributed by atoms with van der Waals surface area (Å²) < 4.78 is 0. The molecule has 24 heavy (non-hydrogen) atoms.